The third-order valence-corrected chi connectivity index (χ3v) is 3.80. The van der Waals surface area contributed by atoms with Gasteiger partial charge in [-0.2, -0.15) is 0 Å². The number of carbonyl (C=O) groups is 2. The number of hydrogen-bond acceptors (Lipinski definition) is 3. The molecule has 0 heterocycles. The summed E-state index contributed by atoms with van der Waals surface area (Å²) in [5, 5.41) is 0. The molecule has 140 valence electrons. The van der Waals surface area contributed by atoms with Gasteiger partial charge < -0.3 is 14.5 Å². The molecular formula is C21H21FN2O3. The molecule has 0 aliphatic rings. The van der Waals surface area contributed by atoms with E-state index in [1.165, 1.54) is 21.9 Å². The van der Waals surface area contributed by atoms with Crippen LogP contribution in [-0.4, -0.2) is 48.9 Å². The minimum absolute atomic E-state index is 0.112. The van der Waals surface area contributed by atoms with Gasteiger partial charge >= 0.3 is 0 Å². The number of terminal acetylenes is 1. The fraction of sp³-hybridized carbons (Fsp3) is 0.238. The lowest BCUT2D eigenvalue weighted by atomic mass is 10.1. The van der Waals surface area contributed by atoms with Crippen LogP contribution in [0.3, 0.4) is 0 Å². The van der Waals surface area contributed by atoms with Gasteiger partial charge in [0, 0.05) is 26.2 Å². The molecule has 0 bridgehead atoms. The topological polar surface area (TPSA) is 49.9 Å². The van der Waals surface area contributed by atoms with Gasteiger partial charge in [0.05, 0.1) is 6.54 Å². The molecule has 0 fully saturated rings. The van der Waals surface area contributed by atoms with Crippen LogP contribution in [0.15, 0.2) is 48.5 Å². The van der Waals surface area contributed by atoms with Crippen molar-refractivity contribution in [3.8, 4) is 18.1 Å². The molecule has 0 saturated carbocycles. The van der Waals surface area contributed by atoms with E-state index < -0.39 is 0 Å². The Morgan fingerprint density at radius 2 is 1.85 bits per heavy atom. The maximum absolute atomic E-state index is 13.1. The summed E-state index contributed by atoms with van der Waals surface area (Å²) >= 11 is 0. The Balaban J connectivity index is 2.12. The Morgan fingerprint density at radius 3 is 2.48 bits per heavy atom. The van der Waals surface area contributed by atoms with E-state index in [0.29, 0.717) is 11.3 Å². The minimum atomic E-state index is -0.342. The first-order chi connectivity index (χ1) is 12.9. The Hall–Kier alpha value is -3.33. The summed E-state index contributed by atoms with van der Waals surface area (Å²) < 4.78 is 18.5. The number of likely N-dealkylation sites (N-methyl/N-ethyl adjacent to an activating group) is 1. The van der Waals surface area contributed by atoms with Gasteiger partial charge in [-0.05, 0) is 35.9 Å². The molecule has 27 heavy (non-hydrogen) atoms. The van der Waals surface area contributed by atoms with Crippen molar-refractivity contribution >= 4 is 11.8 Å². The van der Waals surface area contributed by atoms with E-state index in [9.17, 15) is 14.0 Å². The third-order valence-electron chi connectivity index (χ3n) is 3.80. The molecule has 0 saturated heterocycles. The molecule has 5 nitrogen and oxygen atoms in total. The van der Waals surface area contributed by atoms with Gasteiger partial charge in [-0.3, -0.25) is 9.59 Å². The first-order valence-corrected chi connectivity index (χ1v) is 8.31. The van der Waals surface area contributed by atoms with E-state index in [-0.39, 0.29) is 37.3 Å². The third kappa shape index (κ3) is 5.86. The van der Waals surface area contributed by atoms with Crippen LogP contribution in [0, 0.1) is 18.2 Å². The fourth-order valence-corrected chi connectivity index (χ4v) is 2.30. The molecule has 0 radical (unpaired) electrons. The number of benzene rings is 2. The van der Waals surface area contributed by atoms with Crippen LogP contribution in [-0.2, 0) is 11.3 Å². The van der Waals surface area contributed by atoms with Crippen molar-refractivity contribution in [1.82, 2.24) is 9.80 Å². The van der Waals surface area contributed by atoms with Gasteiger partial charge in [-0.15, -0.1) is 6.42 Å². The van der Waals surface area contributed by atoms with Gasteiger partial charge in [0.1, 0.15) is 11.6 Å². The van der Waals surface area contributed by atoms with E-state index in [4.69, 9.17) is 11.2 Å². The Kier molecular flexibility index (Phi) is 6.95. The van der Waals surface area contributed by atoms with Crippen molar-refractivity contribution in [2.75, 3.05) is 27.2 Å². The Bertz CT molecular complexity index is 841. The van der Waals surface area contributed by atoms with Gasteiger partial charge in [0.15, 0.2) is 6.61 Å². The van der Waals surface area contributed by atoms with Crippen molar-refractivity contribution in [3.63, 3.8) is 0 Å². The average molecular weight is 368 g/mol. The van der Waals surface area contributed by atoms with Crippen molar-refractivity contribution in [3.05, 3.63) is 65.5 Å². The van der Waals surface area contributed by atoms with Crippen LogP contribution in [0.1, 0.15) is 15.9 Å². The maximum atomic E-state index is 13.1. The quantitative estimate of drug-likeness (QED) is 0.706. The first kappa shape index (κ1) is 20.0. The van der Waals surface area contributed by atoms with Crippen LogP contribution in [0.25, 0.3) is 0 Å². The minimum Gasteiger partial charge on any atom is -0.484 e. The summed E-state index contributed by atoms with van der Waals surface area (Å²) in [5.41, 5.74) is 1.16. The highest BCUT2D eigenvalue weighted by Gasteiger charge is 2.16. The number of ether oxygens (including phenoxy) is 1. The molecule has 0 spiro atoms. The van der Waals surface area contributed by atoms with E-state index in [2.05, 4.69) is 5.92 Å². The lowest BCUT2D eigenvalue weighted by Gasteiger charge is -2.21. The van der Waals surface area contributed by atoms with Crippen LogP contribution < -0.4 is 4.74 Å². The number of carbonyl (C=O) groups excluding carboxylic acids is 2. The molecule has 0 aliphatic carbocycles. The lowest BCUT2D eigenvalue weighted by Crippen LogP contribution is -2.31. The van der Waals surface area contributed by atoms with Gasteiger partial charge in [-0.25, -0.2) is 4.39 Å². The lowest BCUT2D eigenvalue weighted by molar-refractivity contribution is -0.130. The molecule has 0 N–H and O–H groups in total. The molecule has 0 aromatic heterocycles. The van der Waals surface area contributed by atoms with Crippen LogP contribution in [0.5, 0.6) is 5.75 Å². The second kappa shape index (κ2) is 9.39. The van der Waals surface area contributed by atoms with Crippen molar-refractivity contribution < 1.29 is 18.7 Å². The second-order valence-electron chi connectivity index (χ2n) is 6.10. The van der Waals surface area contributed by atoms with Crippen molar-refractivity contribution in [1.29, 1.82) is 0 Å². The van der Waals surface area contributed by atoms with E-state index in [1.807, 2.05) is 0 Å². The summed E-state index contributed by atoms with van der Waals surface area (Å²) in [6.07, 6.45) is 5.39. The zero-order valence-electron chi connectivity index (χ0n) is 15.3. The molecule has 2 aromatic carbocycles. The van der Waals surface area contributed by atoms with Gasteiger partial charge in [-0.1, -0.05) is 24.1 Å². The zero-order valence-corrected chi connectivity index (χ0v) is 15.3. The van der Waals surface area contributed by atoms with E-state index in [0.717, 1.165) is 5.56 Å². The number of amides is 2. The summed E-state index contributed by atoms with van der Waals surface area (Å²) in [5.74, 6) is 2.08. The standard InChI is InChI=1S/C21H21FN2O3/c1-4-12-24(14-16-8-10-18(22)11-9-16)21(26)17-6-5-7-19(13-17)27-15-20(25)23(2)3/h1,5-11,13H,12,14-15H2,2-3H3. The van der Waals surface area contributed by atoms with E-state index >= 15 is 0 Å². The van der Waals surface area contributed by atoms with Gasteiger partial charge in [0.2, 0.25) is 0 Å². The van der Waals surface area contributed by atoms with Crippen molar-refractivity contribution in [2.24, 2.45) is 0 Å². The summed E-state index contributed by atoms with van der Waals surface area (Å²) in [4.78, 5) is 27.4. The molecular weight excluding hydrogens is 347 g/mol. The number of rotatable bonds is 7. The SMILES string of the molecule is C#CCN(Cc1ccc(F)cc1)C(=O)c1cccc(OCC(=O)N(C)C)c1. The summed E-state index contributed by atoms with van der Waals surface area (Å²) in [7, 11) is 3.28. The average Bonchev–Trinajstić information content (AvgIpc) is 2.67. The monoisotopic (exact) mass is 368 g/mol. The number of halogens is 1. The van der Waals surface area contributed by atoms with Gasteiger partial charge in [0.25, 0.3) is 11.8 Å². The zero-order chi connectivity index (χ0) is 19.8. The molecule has 0 atom stereocenters. The predicted octanol–water partition coefficient (Wildman–Crippen LogP) is 2.57. The fourth-order valence-electron chi connectivity index (χ4n) is 2.30. The smallest absolute Gasteiger partial charge is 0.259 e. The maximum Gasteiger partial charge on any atom is 0.259 e. The predicted molar refractivity (Wildman–Crippen MR) is 101 cm³/mol. The molecule has 6 heteroatoms. The molecule has 2 rings (SSSR count). The largest absolute Gasteiger partial charge is 0.484 e. The van der Waals surface area contributed by atoms with Crippen LogP contribution in [0.2, 0.25) is 0 Å². The normalized spacial score (nSPS) is 10.0. The van der Waals surface area contributed by atoms with Crippen molar-refractivity contribution in [2.45, 2.75) is 6.54 Å². The number of hydrogen-bond donors (Lipinski definition) is 0. The highest BCUT2D eigenvalue weighted by Crippen LogP contribution is 2.17. The molecule has 2 aromatic rings. The van der Waals surface area contributed by atoms with E-state index in [1.54, 1.807) is 50.5 Å². The molecule has 0 aliphatic heterocycles. The number of nitrogens with zero attached hydrogens (tertiary/aromatic N) is 2. The first-order valence-electron chi connectivity index (χ1n) is 8.31. The second-order valence-corrected chi connectivity index (χ2v) is 6.10. The van der Waals surface area contributed by atoms with Crippen LogP contribution >= 0.6 is 0 Å². The Labute approximate surface area is 158 Å². The molecule has 0 unspecified atom stereocenters. The summed E-state index contributed by atoms with van der Waals surface area (Å²) in [6.45, 7) is 0.252. The highest BCUT2D eigenvalue weighted by molar-refractivity contribution is 5.94. The highest BCUT2D eigenvalue weighted by atomic mass is 19.1. The van der Waals surface area contributed by atoms with Crippen LogP contribution in [0.4, 0.5) is 4.39 Å². The Morgan fingerprint density at radius 1 is 1.15 bits per heavy atom. The summed E-state index contributed by atoms with van der Waals surface area (Å²) in [6, 6.07) is 12.5. The molecule has 2 amide bonds.